The number of unbranched alkanes of at least 4 members (excludes halogenated alkanes) is 1. The Labute approximate surface area is 163 Å². The maximum Gasteiger partial charge on any atom is 0.191 e. The van der Waals surface area contributed by atoms with Crippen LogP contribution in [0, 0.1) is 0 Å². The lowest BCUT2D eigenvalue weighted by Gasteiger charge is -2.22. The summed E-state index contributed by atoms with van der Waals surface area (Å²) in [7, 11) is 1.80. The Hall–Kier alpha value is -1.63. The number of hydrogen-bond donors (Lipinski definition) is 2. The summed E-state index contributed by atoms with van der Waals surface area (Å²) in [5.74, 6) is 0.829. The molecule has 1 aromatic carbocycles. The van der Waals surface area contributed by atoms with E-state index in [4.69, 9.17) is 14.2 Å². The summed E-state index contributed by atoms with van der Waals surface area (Å²) in [6, 6.07) is 8.53. The fourth-order valence-corrected chi connectivity index (χ4v) is 2.97. The number of rotatable bonds is 11. The van der Waals surface area contributed by atoms with Crippen LogP contribution in [0.15, 0.2) is 29.3 Å². The fraction of sp³-hybridized carbons (Fsp3) is 0.667. The number of hydrogen-bond acceptors (Lipinski definition) is 4. The number of nitrogens with one attached hydrogen (secondary N) is 2. The van der Waals surface area contributed by atoms with E-state index in [1.54, 1.807) is 7.05 Å². The topological polar surface area (TPSA) is 64.1 Å². The molecule has 1 saturated heterocycles. The van der Waals surface area contributed by atoms with E-state index in [-0.39, 0.29) is 0 Å². The van der Waals surface area contributed by atoms with Crippen LogP contribution >= 0.6 is 0 Å². The van der Waals surface area contributed by atoms with E-state index < -0.39 is 0 Å². The Morgan fingerprint density at radius 1 is 1.19 bits per heavy atom. The van der Waals surface area contributed by atoms with Gasteiger partial charge in [0.1, 0.15) is 0 Å². The summed E-state index contributed by atoms with van der Waals surface area (Å²) < 4.78 is 16.7. The van der Waals surface area contributed by atoms with Crippen molar-refractivity contribution in [3.05, 3.63) is 35.4 Å². The zero-order chi connectivity index (χ0) is 19.2. The molecule has 27 heavy (non-hydrogen) atoms. The first-order chi connectivity index (χ1) is 13.3. The molecule has 152 valence electrons. The average molecular weight is 378 g/mol. The lowest BCUT2D eigenvalue weighted by atomic mass is 10.1. The lowest BCUT2D eigenvalue weighted by molar-refractivity contribution is -0.0390. The van der Waals surface area contributed by atoms with Gasteiger partial charge in [0.2, 0.25) is 0 Å². The largest absolute Gasteiger partial charge is 0.382 e. The van der Waals surface area contributed by atoms with Crippen LogP contribution < -0.4 is 10.6 Å². The summed E-state index contributed by atoms with van der Waals surface area (Å²) >= 11 is 0. The Balaban J connectivity index is 1.67. The van der Waals surface area contributed by atoms with Gasteiger partial charge in [-0.15, -0.1) is 0 Å². The molecule has 1 heterocycles. The smallest absolute Gasteiger partial charge is 0.191 e. The van der Waals surface area contributed by atoms with Crippen molar-refractivity contribution < 1.29 is 14.2 Å². The third-order valence-corrected chi connectivity index (χ3v) is 4.54. The normalized spacial score (nSPS) is 15.7. The predicted octanol–water partition coefficient (Wildman–Crippen LogP) is 2.86. The van der Waals surface area contributed by atoms with Crippen LogP contribution in [-0.2, 0) is 27.4 Å². The second-order valence-corrected chi connectivity index (χ2v) is 6.70. The average Bonchev–Trinajstić information content (AvgIpc) is 2.72. The molecule has 0 spiro atoms. The third-order valence-electron chi connectivity index (χ3n) is 4.54. The van der Waals surface area contributed by atoms with Crippen molar-refractivity contribution in [2.24, 2.45) is 4.99 Å². The van der Waals surface area contributed by atoms with Crippen molar-refractivity contribution in [1.82, 2.24) is 10.6 Å². The number of aliphatic imine (C=N–C) groups is 1. The molecule has 6 nitrogen and oxygen atoms in total. The van der Waals surface area contributed by atoms with Crippen molar-refractivity contribution in [2.75, 3.05) is 40.0 Å². The molecule has 0 atom stereocenters. The monoisotopic (exact) mass is 377 g/mol. The van der Waals surface area contributed by atoms with Crippen LogP contribution in [0.2, 0.25) is 0 Å². The summed E-state index contributed by atoms with van der Waals surface area (Å²) in [6.07, 6.45) is 4.44. The van der Waals surface area contributed by atoms with Crippen LogP contribution in [0.4, 0.5) is 0 Å². The SMILES string of the molecule is CCOCCCCNC(=NC)NCc1cccc(COC2CCOCC2)c1. The van der Waals surface area contributed by atoms with Crippen molar-refractivity contribution in [1.29, 1.82) is 0 Å². The zero-order valence-corrected chi connectivity index (χ0v) is 16.8. The fourth-order valence-electron chi connectivity index (χ4n) is 2.97. The third kappa shape index (κ3) is 9.22. The summed E-state index contributed by atoms with van der Waals surface area (Å²) in [5, 5.41) is 6.72. The van der Waals surface area contributed by atoms with Crippen molar-refractivity contribution in [3.63, 3.8) is 0 Å². The minimum absolute atomic E-state index is 0.325. The second kappa shape index (κ2) is 13.5. The molecule has 1 aliphatic heterocycles. The van der Waals surface area contributed by atoms with Gasteiger partial charge in [0.15, 0.2) is 5.96 Å². The molecule has 0 radical (unpaired) electrons. The molecule has 0 aliphatic carbocycles. The number of ether oxygens (including phenoxy) is 3. The van der Waals surface area contributed by atoms with Crippen molar-refractivity contribution in [2.45, 2.75) is 51.9 Å². The highest BCUT2D eigenvalue weighted by molar-refractivity contribution is 5.79. The van der Waals surface area contributed by atoms with Crippen LogP contribution in [0.1, 0.15) is 43.7 Å². The molecule has 1 fully saturated rings. The molecular weight excluding hydrogens is 342 g/mol. The molecule has 0 amide bonds. The molecule has 2 rings (SSSR count). The van der Waals surface area contributed by atoms with Crippen molar-refractivity contribution in [3.8, 4) is 0 Å². The van der Waals surface area contributed by atoms with Gasteiger partial charge in [0, 0.05) is 46.6 Å². The van der Waals surface area contributed by atoms with Crippen molar-refractivity contribution >= 4 is 5.96 Å². The Morgan fingerprint density at radius 2 is 2.00 bits per heavy atom. The highest BCUT2D eigenvalue weighted by Crippen LogP contribution is 2.14. The first-order valence-electron chi connectivity index (χ1n) is 10.1. The Bertz CT molecular complexity index is 545. The Morgan fingerprint density at radius 3 is 2.78 bits per heavy atom. The molecule has 0 aromatic heterocycles. The highest BCUT2D eigenvalue weighted by Gasteiger charge is 2.14. The summed E-state index contributed by atoms with van der Waals surface area (Å²) in [5.41, 5.74) is 2.43. The first-order valence-corrected chi connectivity index (χ1v) is 10.1. The molecule has 2 N–H and O–H groups in total. The van der Waals surface area contributed by atoms with E-state index in [9.17, 15) is 0 Å². The van der Waals surface area contributed by atoms with Crippen LogP contribution in [0.3, 0.4) is 0 Å². The van der Waals surface area contributed by atoms with Gasteiger partial charge in [-0.2, -0.15) is 0 Å². The highest BCUT2D eigenvalue weighted by atomic mass is 16.5. The van der Waals surface area contributed by atoms with E-state index in [0.717, 1.165) is 71.2 Å². The first kappa shape index (κ1) is 21.7. The molecule has 1 aliphatic rings. The number of nitrogens with zero attached hydrogens (tertiary/aromatic N) is 1. The van der Waals surface area contributed by atoms with E-state index in [1.807, 2.05) is 6.92 Å². The Kier molecular flexibility index (Phi) is 10.9. The number of guanidine groups is 1. The van der Waals surface area contributed by atoms with Gasteiger partial charge in [0.25, 0.3) is 0 Å². The van der Waals surface area contributed by atoms with Crippen LogP contribution in [0.5, 0.6) is 0 Å². The van der Waals surface area contributed by atoms with Gasteiger partial charge in [-0.3, -0.25) is 4.99 Å². The molecular formula is C21H35N3O3. The standard InChI is InChI=1S/C21H35N3O3/c1-3-25-12-5-4-11-23-21(22-2)24-16-18-7-6-8-19(15-18)17-27-20-9-13-26-14-10-20/h6-8,15,20H,3-5,9-14,16-17H2,1-2H3,(H2,22,23,24). The van der Waals surface area contributed by atoms with E-state index in [0.29, 0.717) is 12.7 Å². The molecule has 0 bridgehead atoms. The van der Waals surface area contributed by atoms with E-state index in [2.05, 4.69) is 39.9 Å². The summed E-state index contributed by atoms with van der Waals surface area (Å²) in [4.78, 5) is 4.28. The van der Waals surface area contributed by atoms with Gasteiger partial charge in [-0.05, 0) is 43.7 Å². The summed E-state index contributed by atoms with van der Waals surface area (Å²) in [6.45, 7) is 7.55. The molecule has 1 aromatic rings. The van der Waals surface area contributed by atoms with E-state index >= 15 is 0 Å². The maximum atomic E-state index is 6.02. The lowest BCUT2D eigenvalue weighted by Crippen LogP contribution is -2.37. The molecule has 0 unspecified atom stereocenters. The zero-order valence-electron chi connectivity index (χ0n) is 16.8. The van der Waals surface area contributed by atoms with Gasteiger partial charge in [-0.1, -0.05) is 24.3 Å². The van der Waals surface area contributed by atoms with Gasteiger partial charge in [0.05, 0.1) is 12.7 Å². The van der Waals surface area contributed by atoms with Crippen LogP contribution in [0.25, 0.3) is 0 Å². The predicted molar refractivity (Wildman–Crippen MR) is 109 cm³/mol. The molecule has 0 saturated carbocycles. The molecule has 6 heteroatoms. The minimum Gasteiger partial charge on any atom is -0.382 e. The van der Waals surface area contributed by atoms with Gasteiger partial charge >= 0.3 is 0 Å². The maximum absolute atomic E-state index is 6.02. The minimum atomic E-state index is 0.325. The number of benzene rings is 1. The van der Waals surface area contributed by atoms with Crippen LogP contribution in [-0.4, -0.2) is 52.1 Å². The van der Waals surface area contributed by atoms with Gasteiger partial charge in [-0.25, -0.2) is 0 Å². The quantitative estimate of drug-likeness (QED) is 0.353. The van der Waals surface area contributed by atoms with E-state index in [1.165, 1.54) is 11.1 Å². The second-order valence-electron chi connectivity index (χ2n) is 6.70. The van der Waals surface area contributed by atoms with Gasteiger partial charge < -0.3 is 24.8 Å².